The van der Waals surface area contributed by atoms with Crippen LogP contribution in [0.4, 0.5) is 5.82 Å². The number of anilines is 1. The molecule has 0 spiro atoms. The number of pyridine rings is 1. The van der Waals surface area contributed by atoms with E-state index in [1.807, 2.05) is 6.07 Å². The maximum Gasteiger partial charge on any atom is 0.127 e. The van der Waals surface area contributed by atoms with Crippen LogP contribution < -0.4 is 5.73 Å². The van der Waals surface area contributed by atoms with E-state index in [4.69, 9.17) is 5.73 Å². The highest BCUT2D eigenvalue weighted by molar-refractivity contribution is 5.47. The number of nitrogen functional groups attached to an aromatic ring is 1. The van der Waals surface area contributed by atoms with Gasteiger partial charge < -0.3 is 5.73 Å². The van der Waals surface area contributed by atoms with E-state index in [1.165, 1.54) is 24.8 Å². The van der Waals surface area contributed by atoms with Crippen LogP contribution in [0.2, 0.25) is 0 Å². The molecule has 2 heteroatoms. The van der Waals surface area contributed by atoms with Crippen molar-refractivity contribution in [3.8, 4) is 0 Å². The van der Waals surface area contributed by atoms with Crippen molar-refractivity contribution in [1.29, 1.82) is 0 Å². The third-order valence-electron chi connectivity index (χ3n) is 2.94. The molecule has 1 aromatic heterocycles. The van der Waals surface area contributed by atoms with Gasteiger partial charge in [0.25, 0.3) is 0 Å². The van der Waals surface area contributed by atoms with Crippen molar-refractivity contribution < 1.29 is 0 Å². The van der Waals surface area contributed by atoms with Gasteiger partial charge >= 0.3 is 0 Å². The van der Waals surface area contributed by atoms with Crippen LogP contribution >= 0.6 is 0 Å². The van der Waals surface area contributed by atoms with E-state index in [0.29, 0.717) is 5.41 Å². The Balaban J connectivity index is 2.40. The first kappa shape index (κ1) is 7.59. The summed E-state index contributed by atoms with van der Waals surface area (Å²) in [6.45, 7) is 2.22. The molecule has 1 aromatic rings. The predicted octanol–water partition coefficient (Wildman–Crippen LogP) is 2.11. The van der Waals surface area contributed by atoms with E-state index in [0.717, 1.165) is 5.82 Å². The normalized spacial score (nSPS) is 19.1. The fourth-order valence-corrected chi connectivity index (χ4v) is 1.83. The van der Waals surface area contributed by atoms with Gasteiger partial charge in [-0.15, -0.1) is 0 Å². The molecule has 0 aromatic carbocycles. The molecule has 1 aliphatic carbocycles. The molecule has 0 radical (unpaired) electrons. The van der Waals surface area contributed by atoms with Gasteiger partial charge in [0.1, 0.15) is 5.82 Å². The van der Waals surface area contributed by atoms with Crippen LogP contribution in [-0.4, -0.2) is 4.98 Å². The topological polar surface area (TPSA) is 38.9 Å². The summed E-state index contributed by atoms with van der Waals surface area (Å²) in [6, 6.07) is 4.08. The second-order valence-corrected chi connectivity index (χ2v) is 3.57. The van der Waals surface area contributed by atoms with Crippen molar-refractivity contribution in [2.24, 2.45) is 0 Å². The van der Waals surface area contributed by atoms with E-state index in [-0.39, 0.29) is 0 Å². The zero-order valence-corrected chi connectivity index (χ0v) is 7.38. The third kappa shape index (κ3) is 0.986. The monoisotopic (exact) mass is 162 g/mol. The van der Waals surface area contributed by atoms with Crippen LogP contribution in [-0.2, 0) is 5.41 Å². The Morgan fingerprint density at radius 2 is 2.33 bits per heavy atom. The molecule has 0 unspecified atom stereocenters. The molecule has 12 heavy (non-hydrogen) atoms. The maximum absolute atomic E-state index is 5.81. The van der Waals surface area contributed by atoms with E-state index in [2.05, 4.69) is 18.0 Å². The lowest BCUT2D eigenvalue weighted by Crippen LogP contribution is -2.08. The summed E-state index contributed by atoms with van der Waals surface area (Å²) in [5.41, 5.74) is 7.46. The van der Waals surface area contributed by atoms with Crippen molar-refractivity contribution in [1.82, 2.24) is 4.98 Å². The third-order valence-corrected chi connectivity index (χ3v) is 2.94. The minimum Gasteiger partial charge on any atom is -0.383 e. The lowest BCUT2D eigenvalue weighted by Gasteiger charge is -2.13. The van der Waals surface area contributed by atoms with Gasteiger partial charge in [0, 0.05) is 11.8 Å². The van der Waals surface area contributed by atoms with Gasteiger partial charge in [0.15, 0.2) is 0 Å². The molecule has 1 heterocycles. The molecule has 0 atom stereocenters. The van der Waals surface area contributed by atoms with Crippen LogP contribution in [0.3, 0.4) is 0 Å². The van der Waals surface area contributed by atoms with Gasteiger partial charge in [-0.2, -0.15) is 0 Å². The van der Waals surface area contributed by atoms with Gasteiger partial charge in [-0.05, 0) is 30.7 Å². The Bertz CT molecular complexity index is 290. The van der Waals surface area contributed by atoms with Crippen LogP contribution in [0, 0.1) is 0 Å². The van der Waals surface area contributed by atoms with E-state index in [9.17, 15) is 0 Å². The molecular formula is C10H14N2. The van der Waals surface area contributed by atoms with E-state index in [1.54, 1.807) is 6.20 Å². The number of rotatable bonds is 2. The molecule has 0 amide bonds. The van der Waals surface area contributed by atoms with Crippen molar-refractivity contribution in [2.75, 3.05) is 5.73 Å². The molecule has 2 rings (SSSR count). The van der Waals surface area contributed by atoms with Crippen LogP contribution in [0.25, 0.3) is 0 Å². The lowest BCUT2D eigenvalue weighted by molar-refractivity contribution is 0.664. The fourth-order valence-electron chi connectivity index (χ4n) is 1.83. The van der Waals surface area contributed by atoms with E-state index >= 15 is 0 Å². The summed E-state index contributed by atoms with van der Waals surface area (Å²) in [6.07, 6.45) is 5.49. The quantitative estimate of drug-likeness (QED) is 0.723. The molecule has 64 valence electrons. The molecular weight excluding hydrogens is 148 g/mol. The Labute approximate surface area is 72.8 Å². The summed E-state index contributed by atoms with van der Waals surface area (Å²) in [5.74, 6) is 0.719. The van der Waals surface area contributed by atoms with Crippen molar-refractivity contribution >= 4 is 5.82 Å². The number of hydrogen-bond acceptors (Lipinski definition) is 2. The number of nitrogens with zero attached hydrogens (tertiary/aromatic N) is 1. The average molecular weight is 162 g/mol. The first-order valence-corrected chi connectivity index (χ1v) is 4.49. The van der Waals surface area contributed by atoms with Gasteiger partial charge in [-0.3, -0.25) is 0 Å². The minimum atomic E-state index is 0.387. The van der Waals surface area contributed by atoms with Crippen LogP contribution in [0.15, 0.2) is 18.3 Å². The zero-order chi connectivity index (χ0) is 8.60. The minimum absolute atomic E-state index is 0.387. The van der Waals surface area contributed by atoms with Gasteiger partial charge in [-0.25, -0.2) is 4.98 Å². The fraction of sp³-hybridized carbons (Fsp3) is 0.500. The van der Waals surface area contributed by atoms with Crippen LogP contribution in [0.1, 0.15) is 31.7 Å². The van der Waals surface area contributed by atoms with Crippen molar-refractivity contribution in [3.63, 3.8) is 0 Å². The first-order chi connectivity index (χ1) is 5.78. The standard InChI is InChI=1S/C10H14N2/c1-2-10(5-6-10)8-4-3-7-12-9(8)11/h3-4,7H,2,5-6H2,1H3,(H2,11,12). The summed E-state index contributed by atoms with van der Waals surface area (Å²) in [7, 11) is 0. The highest BCUT2D eigenvalue weighted by Gasteiger charge is 2.43. The van der Waals surface area contributed by atoms with Gasteiger partial charge in [0.05, 0.1) is 0 Å². The smallest absolute Gasteiger partial charge is 0.127 e. The highest BCUT2D eigenvalue weighted by atomic mass is 14.8. The zero-order valence-electron chi connectivity index (χ0n) is 7.38. The average Bonchev–Trinajstić information content (AvgIpc) is 2.86. The Morgan fingerprint density at radius 3 is 2.83 bits per heavy atom. The highest BCUT2D eigenvalue weighted by Crippen LogP contribution is 2.52. The maximum atomic E-state index is 5.81. The molecule has 2 N–H and O–H groups in total. The molecule has 1 aliphatic rings. The van der Waals surface area contributed by atoms with Gasteiger partial charge in [0.2, 0.25) is 0 Å². The van der Waals surface area contributed by atoms with Gasteiger partial charge in [-0.1, -0.05) is 13.0 Å². The number of aromatic nitrogens is 1. The number of hydrogen-bond donors (Lipinski definition) is 1. The Hall–Kier alpha value is -1.05. The summed E-state index contributed by atoms with van der Waals surface area (Å²) in [5, 5.41) is 0. The van der Waals surface area contributed by atoms with Crippen LogP contribution in [0.5, 0.6) is 0 Å². The largest absolute Gasteiger partial charge is 0.383 e. The first-order valence-electron chi connectivity index (χ1n) is 4.49. The molecule has 0 saturated heterocycles. The summed E-state index contributed by atoms with van der Waals surface area (Å²) in [4.78, 5) is 4.11. The predicted molar refractivity (Wildman–Crippen MR) is 49.9 cm³/mol. The summed E-state index contributed by atoms with van der Waals surface area (Å²) < 4.78 is 0. The Kier molecular flexibility index (Phi) is 1.56. The Morgan fingerprint density at radius 1 is 1.58 bits per heavy atom. The number of nitrogens with two attached hydrogens (primary N) is 1. The second kappa shape index (κ2) is 2.47. The molecule has 1 saturated carbocycles. The molecule has 1 fully saturated rings. The van der Waals surface area contributed by atoms with E-state index < -0.39 is 0 Å². The second-order valence-electron chi connectivity index (χ2n) is 3.57. The molecule has 0 aliphatic heterocycles. The summed E-state index contributed by atoms with van der Waals surface area (Å²) >= 11 is 0. The molecule has 0 bridgehead atoms. The van der Waals surface area contributed by atoms with Crippen molar-refractivity contribution in [3.05, 3.63) is 23.9 Å². The molecule has 2 nitrogen and oxygen atoms in total. The van der Waals surface area contributed by atoms with Crippen molar-refractivity contribution in [2.45, 2.75) is 31.6 Å². The lowest BCUT2D eigenvalue weighted by atomic mass is 9.94. The SMILES string of the molecule is CCC1(c2cccnc2N)CC1.